The molecule has 2 aromatic rings. The van der Waals surface area contributed by atoms with E-state index in [2.05, 4.69) is 31.9 Å². The molecule has 2 aromatic carbocycles. The van der Waals surface area contributed by atoms with Crippen LogP contribution >= 0.6 is 15.9 Å². The number of ketones is 1. The molecular weight excluding hydrogens is 398 g/mol. The number of rotatable bonds is 7. The van der Waals surface area contributed by atoms with E-state index in [4.69, 9.17) is 0 Å². The highest BCUT2D eigenvalue weighted by Crippen LogP contribution is 2.19. The fourth-order valence-corrected chi connectivity index (χ4v) is 2.71. The maximum atomic E-state index is 12.0. The highest BCUT2D eigenvalue weighted by Gasteiger charge is 2.08. The van der Waals surface area contributed by atoms with Crippen LogP contribution in [0, 0.1) is 6.92 Å². The molecule has 2 rings (SSSR count). The van der Waals surface area contributed by atoms with Gasteiger partial charge in [0.25, 0.3) is 0 Å². The molecule has 0 bridgehead atoms. The summed E-state index contributed by atoms with van der Waals surface area (Å²) in [5.74, 6) is -0.665. The monoisotopic (exact) mass is 417 g/mol. The van der Waals surface area contributed by atoms with E-state index in [0.29, 0.717) is 16.9 Å². The second-order valence-electron chi connectivity index (χ2n) is 5.77. The van der Waals surface area contributed by atoms with Crippen molar-refractivity contribution in [2.75, 3.05) is 23.7 Å². The second-order valence-corrected chi connectivity index (χ2v) is 6.69. The van der Waals surface area contributed by atoms with E-state index in [1.807, 2.05) is 19.1 Å². The van der Waals surface area contributed by atoms with Crippen LogP contribution in [-0.2, 0) is 9.59 Å². The van der Waals surface area contributed by atoms with Gasteiger partial charge in [-0.1, -0.05) is 28.1 Å². The smallest absolute Gasteiger partial charge is 0.243 e. The SMILES string of the molecule is CC(=O)c1cccc(NCC(=O)NCC(=O)Nc2ccc(Br)cc2C)c1. The molecule has 136 valence electrons. The van der Waals surface area contributed by atoms with Crippen molar-refractivity contribution in [3.05, 3.63) is 58.1 Å². The zero-order chi connectivity index (χ0) is 19.1. The van der Waals surface area contributed by atoms with E-state index >= 15 is 0 Å². The van der Waals surface area contributed by atoms with E-state index in [9.17, 15) is 14.4 Å². The Bertz CT molecular complexity index is 837. The van der Waals surface area contributed by atoms with E-state index < -0.39 is 0 Å². The maximum Gasteiger partial charge on any atom is 0.243 e. The normalized spacial score (nSPS) is 10.1. The Balaban J connectivity index is 1.78. The summed E-state index contributed by atoms with van der Waals surface area (Å²) in [6, 6.07) is 12.4. The molecule has 0 aromatic heterocycles. The van der Waals surface area contributed by atoms with Crippen molar-refractivity contribution in [2.24, 2.45) is 0 Å². The molecule has 0 unspecified atom stereocenters. The molecule has 0 aliphatic heterocycles. The van der Waals surface area contributed by atoms with E-state index in [1.54, 1.807) is 30.3 Å². The van der Waals surface area contributed by atoms with Gasteiger partial charge in [0.1, 0.15) is 0 Å². The van der Waals surface area contributed by atoms with Crippen LogP contribution in [0.2, 0.25) is 0 Å². The minimum Gasteiger partial charge on any atom is -0.376 e. The largest absolute Gasteiger partial charge is 0.376 e. The third-order valence-corrected chi connectivity index (χ3v) is 4.12. The lowest BCUT2D eigenvalue weighted by atomic mass is 10.1. The zero-order valence-electron chi connectivity index (χ0n) is 14.6. The molecule has 7 heteroatoms. The van der Waals surface area contributed by atoms with Crippen LogP contribution in [0.25, 0.3) is 0 Å². The van der Waals surface area contributed by atoms with Gasteiger partial charge in [0.15, 0.2) is 5.78 Å². The molecule has 6 nitrogen and oxygen atoms in total. The summed E-state index contributed by atoms with van der Waals surface area (Å²) >= 11 is 3.37. The molecule has 0 aliphatic rings. The van der Waals surface area contributed by atoms with Crippen molar-refractivity contribution in [3.63, 3.8) is 0 Å². The van der Waals surface area contributed by atoms with Gasteiger partial charge < -0.3 is 16.0 Å². The van der Waals surface area contributed by atoms with Gasteiger partial charge >= 0.3 is 0 Å². The fraction of sp³-hybridized carbons (Fsp3) is 0.211. The van der Waals surface area contributed by atoms with Crippen LogP contribution in [0.5, 0.6) is 0 Å². The lowest BCUT2D eigenvalue weighted by molar-refractivity contribution is -0.122. The summed E-state index contributed by atoms with van der Waals surface area (Å²) < 4.78 is 0.932. The lowest BCUT2D eigenvalue weighted by Gasteiger charge is -2.10. The quantitative estimate of drug-likeness (QED) is 0.603. The molecule has 0 saturated carbocycles. The Morgan fingerprint density at radius 3 is 2.46 bits per heavy atom. The first kappa shape index (κ1) is 19.7. The number of Topliss-reactive ketones (excluding diaryl/α,β-unsaturated/α-hetero) is 1. The molecule has 0 radical (unpaired) electrons. The van der Waals surface area contributed by atoms with E-state index in [1.165, 1.54) is 6.92 Å². The Labute approximate surface area is 160 Å². The zero-order valence-corrected chi connectivity index (χ0v) is 16.1. The fourth-order valence-electron chi connectivity index (χ4n) is 2.23. The number of hydrogen-bond acceptors (Lipinski definition) is 4. The third kappa shape index (κ3) is 6.00. The number of benzene rings is 2. The molecule has 0 saturated heterocycles. The summed E-state index contributed by atoms with van der Waals surface area (Å²) in [6.07, 6.45) is 0. The number of carbonyl (C=O) groups is 3. The number of halogens is 1. The van der Waals surface area contributed by atoms with E-state index in [-0.39, 0.29) is 30.7 Å². The number of amides is 2. The number of anilines is 2. The van der Waals surface area contributed by atoms with Crippen molar-refractivity contribution in [1.29, 1.82) is 0 Å². The molecule has 3 N–H and O–H groups in total. The van der Waals surface area contributed by atoms with E-state index in [0.717, 1.165) is 10.0 Å². The van der Waals surface area contributed by atoms with Crippen molar-refractivity contribution in [1.82, 2.24) is 5.32 Å². The maximum absolute atomic E-state index is 12.0. The van der Waals surface area contributed by atoms with Crippen LogP contribution in [0.15, 0.2) is 46.9 Å². The number of nitrogens with one attached hydrogen (secondary N) is 3. The molecule has 0 aliphatic carbocycles. The molecule has 0 atom stereocenters. The number of hydrogen-bond donors (Lipinski definition) is 3. The first-order valence-electron chi connectivity index (χ1n) is 8.02. The predicted molar refractivity (Wildman–Crippen MR) is 105 cm³/mol. The molecule has 0 heterocycles. The minimum absolute atomic E-state index is 0.00590. The van der Waals surface area contributed by atoms with Crippen LogP contribution < -0.4 is 16.0 Å². The van der Waals surface area contributed by atoms with Gasteiger partial charge in [-0.2, -0.15) is 0 Å². The second kappa shape index (κ2) is 9.15. The van der Waals surface area contributed by atoms with Gasteiger partial charge in [0.2, 0.25) is 11.8 Å². The number of carbonyl (C=O) groups excluding carboxylic acids is 3. The Kier molecular flexibility index (Phi) is 6.91. The van der Waals surface area contributed by atoms with Crippen LogP contribution in [0.3, 0.4) is 0 Å². The summed E-state index contributed by atoms with van der Waals surface area (Å²) in [5, 5.41) is 8.23. The topological polar surface area (TPSA) is 87.3 Å². The van der Waals surface area contributed by atoms with Crippen LogP contribution in [0.4, 0.5) is 11.4 Å². The van der Waals surface area contributed by atoms with Crippen molar-refractivity contribution < 1.29 is 14.4 Å². The lowest BCUT2D eigenvalue weighted by Crippen LogP contribution is -2.36. The molecule has 26 heavy (non-hydrogen) atoms. The molecule has 0 fully saturated rings. The van der Waals surface area contributed by atoms with Gasteiger partial charge in [-0.3, -0.25) is 14.4 Å². The van der Waals surface area contributed by atoms with Crippen LogP contribution in [0.1, 0.15) is 22.8 Å². The average Bonchev–Trinajstić information content (AvgIpc) is 2.61. The highest BCUT2D eigenvalue weighted by molar-refractivity contribution is 9.10. The van der Waals surface area contributed by atoms with Gasteiger partial charge in [-0.05, 0) is 49.7 Å². The third-order valence-electron chi connectivity index (χ3n) is 3.63. The molecule has 0 spiro atoms. The first-order valence-corrected chi connectivity index (χ1v) is 8.82. The Hall–Kier alpha value is -2.67. The van der Waals surface area contributed by atoms with Gasteiger partial charge in [0, 0.05) is 21.4 Å². The van der Waals surface area contributed by atoms with Crippen molar-refractivity contribution in [3.8, 4) is 0 Å². The van der Waals surface area contributed by atoms with Crippen molar-refractivity contribution >= 4 is 44.9 Å². The molecular formula is C19H20BrN3O3. The first-order chi connectivity index (χ1) is 12.3. The minimum atomic E-state index is -0.319. The summed E-state index contributed by atoms with van der Waals surface area (Å²) in [6.45, 7) is 3.26. The highest BCUT2D eigenvalue weighted by atomic mass is 79.9. The standard InChI is InChI=1S/C19H20BrN3O3/c1-12-8-15(20)6-7-17(12)23-19(26)11-22-18(25)10-21-16-5-3-4-14(9-16)13(2)24/h3-9,21H,10-11H2,1-2H3,(H,22,25)(H,23,26). The Morgan fingerprint density at radius 2 is 1.77 bits per heavy atom. The molecule has 2 amide bonds. The Morgan fingerprint density at radius 1 is 1.00 bits per heavy atom. The van der Waals surface area contributed by atoms with Gasteiger partial charge in [-0.15, -0.1) is 0 Å². The summed E-state index contributed by atoms with van der Waals surface area (Å²) in [4.78, 5) is 35.2. The van der Waals surface area contributed by atoms with Gasteiger partial charge in [-0.25, -0.2) is 0 Å². The average molecular weight is 418 g/mol. The summed E-state index contributed by atoms with van der Waals surface area (Å²) in [7, 11) is 0. The summed E-state index contributed by atoms with van der Waals surface area (Å²) in [5.41, 5.74) is 2.86. The van der Waals surface area contributed by atoms with Gasteiger partial charge in [0.05, 0.1) is 13.1 Å². The number of aryl methyl sites for hydroxylation is 1. The predicted octanol–water partition coefficient (Wildman–Crippen LogP) is 3.13. The van der Waals surface area contributed by atoms with Crippen LogP contribution in [-0.4, -0.2) is 30.7 Å². The van der Waals surface area contributed by atoms with Crippen molar-refractivity contribution in [2.45, 2.75) is 13.8 Å².